The van der Waals surface area contributed by atoms with Crippen LogP contribution in [0.15, 0.2) is 48.5 Å². The fraction of sp³-hybridized carbons (Fsp3) is 0.333. The standard InChI is InChI=1S/C21H26N2O4/c1-3-5-14-22-19-9-7-6-8-18(19)21(25)27-15-20(24)23-16-10-12-17(13-11-16)26-4-2/h6-13,22H,3-5,14-15H2,1-2H3,(H,23,24). The number of ether oxygens (including phenoxy) is 2. The largest absolute Gasteiger partial charge is 0.494 e. The van der Waals surface area contributed by atoms with Crippen molar-refractivity contribution in [1.29, 1.82) is 0 Å². The Morgan fingerprint density at radius 2 is 1.74 bits per heavy atom. The zero-order valence-electron chi connectivity index (χ0n) is 15.8. The van der Waals surface area contributed by atoms with E-state index in [4.69, 9.17) is 9.47 Å². The van der Waals surface area contributed by atoms with Crippen molar-refractivity contribution in [2.75, 3.05) is 30.4 Å². The summed E-state index contributed by atoms with van der Waals surface area (Å²) in [6.07, 6.45) is 2.07. The van der Waals surface area contributed by atoms with E-state index in [-0.39, 0.29) is 6.61 Å². The molecule has 0 radical (unpaired) electrons. The smallest absolute Gasteiger partial charge is 0.340 e. The van der Waals surface area contributed by atoms with Crippen LogP contribution in [0, 0.1) is 0 Å². The second kappa shape index (κ2) is 10.9. The fourth-order valence-electron chi connectivity index (χ4n) is 2.42. The molecular weight excluding hydrogens is 344 g/mol. The van der Waals surface area contributed by atoms with Crippen molar-refractivity contribution in [1.82, 2.24) is 0 Å². The van der Waals surface area contributed by atoms with Crippen LogP contribution in [-0.2, 0) is 9.53 Å². The molecule has 0 saturated carbocycles. The Bertz CT molecular complexity index is 744. The number of benzene rings is 2. The van der Waals surface area contributed by atoms with Crippen LogP contribution < -0.4 is 15.4 Å². The Morgan fingerprint density at radius 3 is 2.44 bits per heavy atom. The van der Waals surface area contributed by atoms with Gasteiger partial charge in [0.2, 0.25) is 0 Å². The number of nitrogens with one attached hydrogen (secondary N) is 2. The molecule has 0 heterocycles. The third-order valence-corrected chi connectivity index (χ3v) is 3.78. The van der Waals surface area contributed by atoms with Gasteiger partial charge in [0.15, 0.2) is 6.61 Å². The molecule has 27 heavy (non-hydrogen) atoms. The summed E-state index contributed by atoms with van der Waals surface area (Å²) in [5.41, 5.74) is 1.74. The van der Waals surface area contributed by atoms with Crippen LogP contribution in [0.25, 0.3) is 0 Å². The predicted molar refractivity (Wildman–Crippen MR) is 106 cm³/mol. The molecule has 0 unspecified atom stereocenters. The van der Waals surface area contributed by atoms with Crippen molar-refractivity contribution in [3.63, 3.8) is 0 Å². The maximum atomic E-state index is 12.3. The molecule has 2 rings (SSSR count). The van der Waals surface area contributed by atoms with Crippen LogP contribution in [-0.4, -0.2) is 31.6 Å². The summed E-state index contributed by atoms with van der Waals surface area (Å²) >= 11 is 0. The molecule has 0 bridgehead atoms. The first kappa shape index (κ1) is 20.3. The third kappa shape index (κ3) is 6.66. The van der Waals surface area contributed by atoms with E-state index < -0.39 is 11.9 Å². The van der Waals surface area contributed by atoms with Crippen LogP contribution in [0.3, 0.4) is 0 Å². The van der Waals surface area contributed by atoms with Crippen molar-refractivity contribution >= 4 is 23.3 Å². The van der Waals surface area contributed by atoms with E-state index in [9.17, 15) is 9.59 Å². The molecule has 0 fully saturated rings. The zero-order valence-corrected chi connectivity index (χ0v) is 15.8. The first-order chi connectivity index (χ1) is 13.1. The maximum Gasteiger partial charge on any atom is 0.340 e. The Labute approximate surface area is 159 Å². The van der Waals surface area contributed by atoms with E-state index >= 15 is 0 Å². The highest BCUT2D eigenvalue weighted by Crippen LogP contribution is 2.17. The number of unbranched alkanes of at least 4 members (excludes halogenated alkanes) is 1. The van der Waals surface area contributed by atoms with E-state index in [0.29, 0.717) is 23.5 Å². The number of esters is 1. The Balaban J connectivity index is 1.86. The molecule has 2 N–H and O–H groups in total. The van der Waals surface area contributed by atoms with Gasteiger partial charge in [0.25, 0.3) is 5.91 Å². The van der Waals surface area contributed by atoms with Gasteiger partial charge in [0, 0.05) is 17.9 Å². The van der Waals surface area contributed by atoms with Crippen LogP contribution in [0.1, 0.15) is 37.0 Å². The highest BCUT2D eigenvalue weighted by molar-refractivity contribution is 5.98. The second-order valence-corrected chi connectivity index (χ2v) is 5.91. The van der Waals surface area contributed by atoms with E-state index in [0.717, 1.165) is 25.1 Å². The molecule has 2 aromatic rings. The van der Waals surface area contributed by atoms with Crippen molar-refractivity contribution in [3.8, 4) is 5.75 Å². The van der Waals surface area contributed by atoms with Crippen LogP contribution in [0.5, 0.6) is 5.75 Å². The Hall–Kier alpha value is -3.02. The van der Waals surface area contributed by atoms with E-state index in [1.807, 2.05) is 19.1 Å². The monoisotopic (exact) mass is 370 g/mol. The van der Waals surface area contributed by atoms with E-state index in [1.165, 1.54) is 0 Å². The van der Waals surface area contributed by atoms with Gasteiger partial charge in [-0.05, 0) is 49.7 Å². The molecule has 0 spiro atoms. The topological polar surface area (TPSA) is 76.7 Å². The van der Waals surface area contributed by atoms with Crippen LogP contribution in [0.2, 0.25) is 0 Å². The number of rotatable bonds is 10. The molecule has 0 aliphatic rings. The summed E-state index contributed by atoms with van der Waals surface area (Å²) in [6.45, 7) is 5.01. The lowest BCUT2D eigenvalue weighted by Crippen LogP contribution is -2.21. The summed E-state index contributed by atoms with van der Waals surface area (Å²) in [7, 11) is 0. The molecule has 0 aromatic heterocycles. The number of para-hydroxylation sites is 1. The average molecular weight is 370 g/mol. The van der Waals surface area contributed by atoms with Gasteiger partial charge in [0.05, 0.1) is 12.2 Å². The molecular formula is C21H26N2O4. The normalized spacial score (nSPS) is 10.1. The number of carbonyl (C=O) groups excluding carboxylic acids is 2. The number of hydrogen-bond acceptors (Lipinski definition) is 5. The molecule has 0 saturated heterocycles. The minimum Gasteiger partial charge on any atom is -0.494 e. The highest BCUT2D eigenvalue weighted by Gasteiger charge is 2.14. The average Bonchev–Trinajstić information content (AvgIpc) is 2.68. The van der Waals surface area contributed by atoms with Gasteiger partial charge in [-0.15, -0.1) is 0 Å². The number of carbonyl (C=O) groups is 2. The van der Waals surface area contributed by atoms with E-state index in [1.54, 1.807) is 36.4 Å². The molecule has 1 amide bonds. The fourth-order valence-corrected chi connectivity index (χ4v) is 2.42. The van der Waals surface area contributed by atoms with E-state index in [2.05, 4.69) is 17.6 Å². The zero-order chi connectivity index (χ0) is 19.5. The van der Waals surface area contributed by atoms with Gasteiger partial charge in [-0.1, -0.05) is 25.5 Å². The Kier molecular flexibility index (Phi) is 8.16. The molecule has 144 valence electrons. The van der Waals surface area contributed by atoms with Gasteiger partial charge in [-0.3, -0.25) is 4.79 Å². The molecule has 6 nitrogen and oxygen atoms in total. The Morgan fingerprint density at radius 1 is 1.00 bits per heavy atom. The van der Waals surface area contributed by atoms with Crippen LogP contribution in [0.4, 0.5) is 11.4 Å². The van der Waals surface area contributed by atoms with Crippen molar-refractivity contribution in [2.45, 2.75) is 26.7 Å². The third-order valence-electron chi connectivity index (χ3n) is 3.78. The lowest BCUT2D eigenvalue weighted by molar-refractivity contribution is -0.119. The second-order valence-electron chi connectivity index (χ2n) is 5.91. The first-order valence-corrected chi connectivity index (χ1v) is 9.16. The maximum absolute atomic E-state index is 12.3. The first-order valence-electron chi connectivity index (χ1n) is 9.16. The lowest BCUT2D eigenvalue weighted by Gasteiger charge is -2.11. The summed E-state index contributed by atoms with van der Waals surface area (Å²) < 4.78 is 10.5. The molecule has 0 atom stereocenters. The van der Waals surface area contributed by atoms with Crippen molar-refractivity contribution < 1.29 is 19.1 Å². The highest BCUT2D eigenvalue weighted by atomic mass is 16.5. The SMILES string of the molecule is CCCCNc1ccccc1C(=O)OCC(=O)Nc1ccc(OCC)cc1. The quantitative estimate of drug-likeness (QED) is 0.486. The van der Waals surface area contributed by atoms with Crippen LogP contribution >= 0.6 is 0 Å². The van der Waals surface area contributed by atoms with Crippen molar-refractivity contribution in [3.05, 3.63) is 54.1 Å². The molecule has 6 heteroatoms. The van der Waals surface area contributed by atoms with Gasteiger partial charge in [0.1, 0.15) is 5.75 Å². The molecule has 0 aliphatic heterocycles. The minimum absolute atomic E-state index is 0.352. The summed E-state index contributed by atoms with van der Waals surface area (Å²) in [5, 5.41) is 5.91. The van der Waals surface area contributed by atoms with Gasteiger partial charge in [-0.2, -0.15) is 0 Å². The number of amides is 1. The molecule has 0 aliphatic carbocycles. The number of hydrogen-bond donors (Lipinski definition) is 2. The van der Waals surface area contributed by atoms with Gasteiger partial charge < -0.3 is 20.1 Å². The minimum atomic E-state index is -0.531. The van der Waals surface area contributed by atoms with Gasteiger partial charge in [-0.25, -0.2) is 4.79 Å². The van der Waals surface area contributed by atoms with Gasteiger partial charge >= 0.3 is 5.97 Å². The summed E-state index contributed by atoms with van der Waals surface area (Å²) in [5.74, 6) is -0.200. The molecule has 2 aromatic carbocycles. The predicted octanol–water partition coefficient (Wildman–Crippen LogP) is 4.09. The lowest BCUT2D eigenvalue weighted by atomic mass is 10.1. The van der Waals surface area contributed by atoms with Crippen molar-refractivity contribution in [2.24, 2.45) is 0 Å². The summed E-state index contributed by atoms with van der Waals surface area (Å²) in [6, 6.07) is 14.1. The summed E-state index contributed by atoms with van der Waals surface area (Å²) in [4.78, 5) is 24.3. The number of anilines is 2.